The van der Waals surface area contributed by atoms with Gasteiger partial charge in [-0.25, -0.2) is 0 Å². The van der Waals surface area contributed by atoms with Gasteiger partial charge in [0.2, 0.25) is 5.91 Å². The topological polar surface area (TPSA) is 41.1 Å². The molecule has 0 saturated carbocycles. The second-order valence-corrected chi connectivity index (χ2v) is 4.06. The smallest absolute Gasteiger partial charge is 0.224 e. The van der Waals surface area contributed by atoms with Gasteiger partial charge in [0.05, 0.1) is 5.92 Å². The first-order valence-electron chi connectivity index (χ1n) is 5.16. The maximum Gasteiger partial charge on any atom is 0.224 e. The minimum Gasteiger partial charge on any atom is -0.353 e. The molecule has 3 nitrogen and oxygen atoms in total. The summed E-state index contributed by atoms with van der Waals surface area (Å²) in [7, 11) is 0. The lowest BCUT2D eigenvalue weighted by atomic mass is 9.97. The monoisotopic (exact) mass is 184 g/mol. The van der Waals surface area contributed by atoms with Crippen LogP contribution in [0.25, 0.3) is 0 Å². The van der Waals surface area contributed by atoms with Crippen LogP contribution in [-0.2, 0) is 4.79 Å². The Morgan fingerprint density at radius 1 is 1.62 bits per heavy atom. The van der Waals surface area contributed by atoms with Crippen LogP contribution in [0.1, 0.15) is 27.2 Å². The average molecular weight is 184 g/mol. The standard InChI is InChI=1S/C10H20N2O/c1-4-8(3)12-10(13)9-6-11-5-7(9)2/h7-9,11H,4-6H2,1-3H3,(H,12,13)/t7-,8?,9-/m1/s1. The number of hydrogen-bond donors (Lipinski definition) is 2. The van der Waals surface area contributed by atoms with Gasteiger partial charge in [-0.15, -0.1) is 0 Å². The second-order valence-electron chi connectivity index (χ2n) is 4.06. The lowest BCUT2D eigenvalue weighted by Crippen LogP contribution is -2.39. The predicted molar refractivity (Wildman–Crippen MR) is 53.4 cm³/mol. The number of amides is 1. The zero-order chi connectivity index (χ0) is 9.84. The van der Waals surface area contributed by atoms with E-state index in [-0.39, 0.29) is 11.8 Å². The highest BCUT2D eigenvalue weighted by Crippen LogP contribution is 2.15. The van der Waals surface area contributed by atoms with Gasteiger partial charge in [-0.3, -0.25) is 4.79 Å². The van der Waals surface area contributed by atoms with Gasteiger partial charge < -0.3 is 10.6 Å². The molecule has 0 bridgehead atoms. The van der Waals surface area contributed by atoms with Gasteiger partial charge in [-0.05, 0) is 25.8 Å². The van der Waals surface area contributed by atoms with Crippen molar-refractivity contribution in [1.82, 2.24) is 10.6 Å². The molecule has 0 radical (unpaired) electrons. The molecule has 0 spiro atoms. The van der Waals surface area contributed by atoms with Gasteiger partial charge in [0.1, 0.15) is 0 Å². The van der Waals surface area contributed by atoms with Gasteiger partial charge in [-0.2, -0.15) is 0 Å². The zero-order valence-corrected chi connectivity index (χ0v) is 8.76. The van der Waals surface area contributed by atoms with E-state index in [0.717, 1.165) is 19.5 Å². The van der Waals surface area contributed by atoms with Crippen LogP contribution in [0.5, 0.6) is 0 Å². The van der Waals surface area contributed by atoms with Gasteiger partial charge in [0.15, 0.2) is 0 Å². The molecule has 0 aliphatic carbocycles. The highest BCUT2D eigenvalue weighted by atomic mass is 16.2. The Labute approximate surface area is 80.3 Å². The minimum absolute atomic E-state index is 0.175. The third-order valence-electron chi connectivity index (χ3n) is 2.86. The van der Waals surface area contributed by atoms with Crippen LogP contribution >= 0.6 is 0 Å². The summed E-state index contributed by atoms with van der Waals surface area (Å²) in [5.41, 5.74) is 0. The van der Waals surface area contributed by atoms with Crippen molar-refractivity contribution in [2.24, 2.45) is 11.8 Å². The molecule has 13 heavy (non-hydrogen) atoms. The summed E-state index contributed by atoms with van der Waals surface area (Å²) in [5.74, 6) is 0.866. The Hall–Kier alpha value is -0.570. The Bertz CT molecular complexity index is 182. The first-order valence-corrected chi connectivity index (χ1v) is 5.16. The summed E-state index contributed by atoms with van der Waals surface area (Å²) in [6.45, 7) is 8.06. The molecule has 1 saturated heterocycles. The molecule has 1 heterocycles. The molecule has 3 heteroatoms. The third-order valence-corrected chi connectivity index (χ3v) is 2.86. The van der Waals surface area contributed by atoms with Crippen molar-refractivity contribution in [3.63, 3.8) is 0 Å². The fraction of sp³-hybridized carbons (Fsp3) is 0.900. The molecule has 1 rings (SSSR count). The van der Waals surface area contributed by atoms with Gasteiger partial charge in [-0.1, -0.05) is 13.8 Å². The predicted octanol–water partition coefficient (Wildman–Crippen LogP) is 0.757. The van der Waals surface area contributed by atoms with Crippen LogP contribution in [-0.4, -0.2) is 25.0 Å². The van der Waals surface area contributed by atoms with Crippen molar-refractivity contribution in [1.29, 1.82) is 0 Å². The summed E-state index contributed by atoms with van der Waals surface area (Å²) in [6, 6.07) is 0.306. The molecular weight excluding hydrogens is 164 g/mol. The van der Waals surface area contributed by atoms with E-state index in [9.17, 15) is 4.79 Å². The highest BCUT2D eigenvalue weighted by molar-refractivity contribution is 5.79. The molecule has 0 aromatic heterocycles. The largest absolute Gasteiger partial charge is 0.353 e. The lowest BCUT2D eigenvalue weighted by Gasteiger charge is -2.17. The van der Waals surface area contributed by atoms with Crippen LogP contribution in [0, 0.1) is 11.8 Å². The molecule has 3 atom stereocenters. The quantitative estimate of drug-likeness (QED) is 0.680. The normalized spacial score (nSPS) is 30.1. The summed E-state index contributed by atoms with van der Waals surface area (Å²) in [5, 5.41) is 6.26. The Morgan fingerprint density at radius 2 is 2.31 bits per heavy atom. The Morgan fingerprint density at radius 3 is 2.77 bits per heavy atom. The molecule has 1 fully saturated rings. The summed E-state index contributed by atoms with van der Waals surface area (Å²) < 4.78 is 0. The molecule has 1 aliphatic heterocycles. The third kappa shape index (κ3) is 2.69. The van der Waals surface area contributed by atoms with Crippen LogP contribution in [0.4, 0.5) is 0 Å². The van der Waals surface area contributed by atoms with E-state index in [0.29, 0.717) is 12.0 Å². The minimum atomic E-state index is 0.175. The van der Waals surface area contributed by atoms with Gasteiger partial charge in [0, 0.05) is 12.6 Å². The maximum absolute atomic E-state index is 11.7. The average Bonchev–Trinajstić information content (AvgIpc) is 2.51. The first kappa shape index (κ1) is 10.5. The van der Waals surface area contributed by atoms with Crippen LogP contribution in [0.3, 0.4) is 0 Å². The fourth-order valence-electron chi connectivity index (χ4n) is 1.61. The summed E-state index contributed by atoms with van der Waals surface area (Å²) in [6.07, 6.45) is 1.00. The second kappa shape index (κ2) is 4.61. The van der Waals surface area contributed by atoms with E-state index in [1.807, 2.05) is 6.92 Å². The molecule has 1 amide bonds. The molecule has 1 unspecified atom stereocenters. The SMILES string of the molecule is CCC(C)NC(=O)[C@@H]1CNC[C@H]1C. The number of carbonyl (C=O) groups is 1. The molecule has 76 valence electrons. The van der Waals surface area contributed by atoms with E-state index in [1.165, 1.54) is 0 Å². The molecule has 1 aliphatic rings. The lowest BCUT2D eigenvalue weighted by molar-refractivity contribution is -0.126. The first-order chi connectivity index (χ1) is 6.15. The van der Waals surface area contributed by atoms with Crippen molar-refractivity contribution >= 4 is 5.91 Å². The molecule has 2 N–H and O–H groups in total. The van der Waals surface area contributed by atoms with E-state index < -0.39 is 0 Å². The number of rotatable bonds is 3. The Balaban J connectivity index is 2.38. The highest BCUT2D eigenvalue weighted by Gasteiger charge is 2.29. The van der Waals surface area contributed by atoms with Crippen LogP contribution < -0.4 is 10.6 Å². The van der Waals surface area contributed by atoms with Gasteiger partial charge in [0.25, 0.3) is 0 Å². The van der Waals surface area contributed by atoms with E-state index >= 15 is 0 Å². The molecular formula is C10H20N2O. The van der Waals surface area contributed by atoms with Crippen molar-refractivity contribution < 1.29 is 4.79 Å². The Kier molecular flexibility index (Phi) is 3.72. The summed E-state index contributed by atoms with van der Waals surface area (Å²) in [4.78, 5) is 11.7. The number of hydrogen-bond acceptors (Lipinski definition) is 2. The van der Waals surface area contributed by atoms with Crippen molar-refractivity contribution in [3.8, 4) is 0 Å². The number of carbonyl (C=O) groups excluding carboxylic acids is 1. The zero-order valence-electron chi connectivity index (χ0n) is 8.76. The van der Waals surface area contributed by atoms with Crippen molar-refractivity contribution in [2.45, 2.75) is 33.2 Å². The maximum atomic E-state index is 11.7. The van der Waals surface area contributed by atoms with Crippen LogP contribution in [0.2, 0.25) is 0 Å². The van der Waals surface area contributed by atoms with Crippen LogP contribution in [0.15, 0.2) is 0 Å². The van der Waals surface area contributed by atoms with E-state index in [1.54, 1.807) is 0 Å². The molecule has 0 aromatic rings. The number of nitrogens with one attached hydrogen (secondary N) is 2. The van der Waals surface area contributed by atoms with Crippen molar-refractivity contribution in [3.05, 3.63) is 0 Å². The summed E-state index contributed by atoms with van der Waals surface area (Å²) >= 11 is 0. The van der Waals surface area contributed by atoms with E-state index in [2.05, 4.69) is 24.5 Å². The van der Waals surface area contributed by atoms with E-state index in [4.69, 9.17) is 0 Å². The van der Waals surface area contributed by atoms with Gasteiger partial charge >= 0.3 is 0 Å². The molecule has 0 aromatic carbocycles. The fourth-order valence-corrected chi connectivity index (χ4v) is 1.61. The van der Waals surface area contributed by atoms with Crippen molar-refractivity contribution in [2.75, 3.05) is 13.1 Å².